The summed E-state index contributed by atoms with van der Waals surface area (Å²) in [6.45, 7) is 0. The predicted molar refractivity (Wildman–Crippen MR) is 68.2 cm³/mol. The molecule has 0 saturated carbocycles. The molecule has 8 heteroatoms. The lowest BCUT2D eigenvalue weighted by atomic mass is 10.3. The molecular weight excluding hydrogens is 256 g/mol. The molecule has 4 N–H and O–H groups in total. The summed E-state index contributed by atoms with van der Waals surface area (Å²) in [5.41, 5.74) is 3.01. The number of carbonyl (C=O) groups excluding carboxylic acids is 1. The molecule has 0 unspecified atom stereocenters. The number of aromatic nitrogens is 3. The zero-order chi connectivity index (χ0) is 13.1. The van der Waals surface area contributed by atoms with Gasteiger partial charge in [-0.25, -0.2) is 10.8 Å². The molecule has 2 aromatic heterocycles. The fourth-order valence-corrected chi connectivity index (χ4v) is 1.55. The van der Waals surface area contributed by atoms with Gasteiger partial charge in [-0.2, -0.15) is 5.10 Å². The van der Waals surface area contributed by atoms with Gasteiger partial charge in [0.05, 0.1) is 16.9 Å². The normalized spacial score (nSPS) is 10.2. The van der Waals surface area contributed by atoms with Crippen molar-refractivity contribution in [3.8, 4) is 0 Å². The van der Waals surface area contributed by atoms with Crippen LogP contribution in [-0.4, -0.2) is 20.7 Å². The van der Waals surface area contributed by atoms with Crippen molar-refractivity contribution in [3.63, 3.8) is 0 Å². The van der Waals surface area contributed by atoms with Gasteiger partial charge in [0.15, 0.2) is 0 Å². The minimum Gasteiger partial charge on any atom is -0.318 e. The molecule has 18 heavy (non-hydrogen) atoms. The molecule has 2 rings (SSSR count). The zero-order valence-electron chi connectivity index (χ0n) is 9.51. The van der Waals surface area contributed by atoms with Crippen LogP contribution in [0.2, 0.25) is 5.02 Å². The fourth-order valence-electron chi connectivity index (χ4n) is 1.36. The monoisotopic (exact) mass is 266 g/mol. The van der Waals surface area contributed by atoms with Crippen LogP contribution in [0, 0.1) is 0 Å². The number of hydrogen-bond donors (Lipinski definition) is 3. The minimum atomic E-state index is -0.426. The van der Waals surface area contributed by atoms with Gasteiger partial charge in [0.1, 0.15) is 11.5 Å². The molecule has 0 aliphatic carbocycles. The van der Waals surface area contributed by atoms with Crippen LogP contribution in [0.4, 0.5) is 11.5 Å². The Hall–Kier alpha value is -2.12. The van der Waals surface area contributed by atoms with E-state index < -0.39 is 5.91 Å². The van der Waals surface area contributed by atoms with Gasteiger partial charge < -0.3 is 10.7 Å². The minimum absolute atomic E-state index is 0.0935. The lowest BCUT2D eigenvalue weighted by Gasteiger charge is -2.06. The van der Waals surface area contributed by atoms with E-state index in [4.69, 9.17) is 17.4 Å². The van der Waals surface area contributed by atoms with Gasteiger partial charge in [-0.3, -0.25) is 9.48 Å². The molecule has 1 amide bonds. The lowest BCUT2D eigenvalue weighted by molar-refractivity contribution is 0.102. The number of nitrogens with two attached hydrogens (primary N) is 1. The number of anilines is 2. The van der Waals surface area contributed by atoms with E-state index in [9.17, 15) is 4.79 Å². The number of aryl methyl sites for hydroxylation is 1. The van der Waals surface area contributed by atoms with Crippen molar-refractivity contribution in [2.75, 3.05) is 10.7 Å². The maximum atomic E-state index is 11.9. The Kier molecular flexibility index (Phi) is 3.45. The molecule has 2 heterocycles. The molecular formula is C10H11ClN6O. The van der Waals surface area contributed by atoms with Gasteiger partial charge in [-0.05, 0) is 12.1 Å². The van der Waals surface area contributed by atoms with Crippen molar-refractivity contribution in [1.82, 2.24) is 14.8 Å². The SMILES string of the molecule is Cn1cc(NC(=O)c2nc(NN)ccc2Cl)cn1. The Bertz CT molecular complexity index is 581. The second-order valence-corrected chi connectivity index (χ2v) is 3.94. The lowest BCUT2D eigenvalue weighted by Crippen LogP contribution is -2.16. The van der Waals surface area contributed by atoms with Gasteiger partial charge in [-0.15, -0.1) is 0 Å². The summed E-state index contributed by atoms with van der Waals surface area (Å²) in [4.78, 5) is 15.9. The second-order valence-electron chi connectivity index (χ2n) is 3.53. The average molecular weight is 267 g/mol. The highest BCUT2D eigenvalue weighted by Crippen LogP contribution is 2.17. The van der Waals surface area contributed by atoms with E-state index >= 15 is 0 Å². The first-order valence-electron chi connectivity index (χ1n) is 5.03. The molecule has 0 aliphatic heterocycles. The Morgan fingerprint density at radius 1 is 1.50 bits per heavy atom. The largest absolute Gasteiger partial charge is 0.318 e. The van der Waals surface area contributed by atoms with Crippen LogP contribution in [0.1, 0.15) is 10.5 Å². The highest BCUT2D eigenvalue weighted by atomic mass is 35.5. The molecule has 0 saturated heterocycles. The van der Waals surface area contributed by atoms with Crippen LogP contribution in [-0.2, 0) is 7.05 Å². The second kappa shape index (κ2) is 5.03. The van der Waals surface area contributed by atoms with Crippen molar-refractivity contribution >= 4 is 29.0 Å². The third-order valence-electron chi connectivity index (χ3n) is 2.17. The highest BCUT2D eigenvalue weighted by Gasteiger charge is 2.13. The van der Waals surface area contributed by atoms with Crippen LogP contribution in [0.25, 0.3) is 0 Å². The summed E-state index contributed by atoms with van der Waals surface area (Å²) >= 11 is 5.91. The van der Waals surface area contributed by atoms with E-state index in [0.29, 0.717) is 11.5 Å². The summed E-state index contributed by atoms with van der Waals surface area (Å²) in [5.74, 6) is 5.16. The number of nitrogens with one attached hydrogen (secondary N) is 2. The van der Waals surface area contributed by atoms with E-state index in [2.05, 4.69) is 20.8 Å². The number of pyridine rings is 1. The van der Waals surface area contributed by atoms with Crippen LogP contribution in [0.15, 0.2) is 24.5 Å². The van der Waals surface area contributed by atoms with E-state index in [1.165, 1.54) is 6.20 Å². The van der Waals surface area contributed by atoms with Crippen molar-refractivity contribution < 1.29 is 4.79 Å². The third-order valence-corrected chi connectivity index (χ3v) is 2.48. The molecule has 0 aromatic carbocycles. The Balaban J connectivity index is 2.23. The Labute approximate surface area is 108 Å². The molecule has 7 nitrogen and oxygen atoms in total. The highest BCUT2D eigenvalue weighted by molar-refractivity contribution is 6.34. The predicted octanol–water partition coefficient (Wildman–Crippen LogP) is 1.01. The van der Waals surface area contributed by atoms with Gasteiger partial charge in [-0.1, -0.05) is 11.6 Å². The molecule has 0 fully saturated rings. The topological polar surface area (TPSA) is 97.9 Å². The van der Waals surface area contributed by atoms with Gasteiger partial charge in [0.25, 0.3) is 5.91 Å². The summed E-state index contributed by atoms with van der Waals surface area (Å²) in [6.07, 6.45) is 3.19. The Morgan fingerprint density at radius 2 is 2.28 bits per heavy atom. The van der Waals surface area contributed by atoms with Gasteiger partial charge >= 0.3 is 0 Å². The van der Waals surface area contributed by atoms with Crippen LogP contribution < -0.4 is 16.6 Å². The van der Waals surface area contributed by atoms with Gasteiger partial charge in [0.2, 0.25) is 0 Å². The fraction of sp³-hybridized carbons (Fsp3) is 0.100. The number of amides is 1. The number of hydrogen-bond acceptors (Lipinski definition) is 5. The van der Waals surface area contributed by atoms with Crippen molar-refractivity contribution in [3.05, 3.63) is 35.2 Å². The van der Waals surface area contributed by atoms with Crippen molar-refractivity contribution in [2.24, 2.45) is 12.9 Å². The van der Waals surface area contributed by atoms with Crippen LogP contribution >= 0.6 is 11.6 Å². The van der Waals surface area contributed by atoms with Gasteiger partial charge in [0, 0.05) is 13.2 Å². The summed E-state index contributed by atoms with van der Waals surface area (Å²) < 4.78 is 1.57. The Morgan fingerprint density at radius 3 is 2.89 bits per heavy atom. The number of nitrogens with zero attached hydrogens (tertiary/aromatic N) is 3. The van der Waals surface area contributed by atoms with E-state index in [1.807, 2.05) is 0 Å². The summed E-state index contributed by atoms with van der Waals surface area (Å²) in [7, 11) is 1.75. The number of hydrazine groups is 1. The molecule has 0 radical (unpaired) electrons. The maximum Gasteiger partial charge on any atom is 0.275 e. The number of nitrogen functional groups attached to an aromatic ring is 1. The number of halogens is 1. The molecule has 2 aromatic rings. The average Bonchev–Trinajstić information content (AvgIpc) is 2.75. The van der Waals surface area contributed by atoms with Crippen molar-refractivity contribution in [1.29, 1.82) is 0 Å². The first-order valence-corrected chi connectivity index (χ1v) is 5.41. The molecule has 0 aliphatic rings. The smallest absolute Gasteiger partial charge is 0.275 e. The van der Waals surface area contributed by atoms with Crippen molar-refractivity contribution in [2.45, 2.75) is 0 Å². The quantitative estimate of drug-likeness (QED) is 0.569. The standard InChI is InChI=1S/C10H11ClN6O/c1-17-5-6(4-13-17)14-10(18)9-7(11)2-3-8(15-9)16-12/h2-5H,12H2,1H3,(H,14,18)(H,15,16). The molecule has 0 atom stereocenters. The first-order chi connectivity index (χ1) is 8.60. The summed E-state index contributed by atoms with van der Waals surface area (Å²) in [5, 5.41) is 6.81. The molecule has 0 bridgehead atoms. The van der Waals surface area contributed by atoms with Crippen LogP contribution in [0.3, 0.4) is 0 Å². The molecule has 94 valence electrons. The third kappa shape index (κ3) is 2.58. The maximum absolute atomic E-state index is 11.9. The number of carbonyl (C=O) groups is 1. The molecule has 0 spiro atoms. The summed E-state index contributed by atoms with van der Waals surface area (Å²) in [6, 6.07) is 3.12. The van der Waals surface area contributed by atoms with Crippen LogP contribution in [0.5, 0.6) is 0 Å². The van der Waals surface area contributed by atoms with E-state index in [0.717, 1.165) is 0 Å². The van der Waals surface area contributed by atoms with E-state index in [-0.39, 0.29) is 10.7 Å². The zero-order valence-corrected chi connectivity index (χ0v) is 10.3. The first kappa shape index (κ1) is 12.3. The van der Waals surface area contributed by atoms with E-state index in [1.54, 1.807) is 30.1 Å². The number of rotatable bonds is 3.